The summed E-state index contributed by atoms with van der Waals surface area (Å²) in [4.78, 5) is 33.3. The fourth-order valence-electron chi connectivity index (χ4n) is 6.88. The molecule has 10 rings (SSSR count). The Bertz CT molecular complexity index is 2930. The maximum absolute atomic E-state index is 12.4. The lowest BCUT2D eigenvalue weighted by Gasteiger charge is -2.11. The quantitative estimate of drug-likeness (QED) is 0.142. The molecule has 10 nitrogen and oxygen atoms in total. The second kappa shape index (κ2) is 18.0. The molecule has 4 heterocycles. The van der Waals surface area contributed by atoms with Crippen molar-refractivity contribution in [3.05, 3.63) is 239 Å². The molecule has 10 aromatic rings. The molecule has 0 unspecified atom stereocenters. The molecule has 0 aliphatic carbocycles. The zero-order valence-electron chi connectivity index (χ0n) is 33.2. The molecule has 0 saturated heterocycles. The van der Waals surface area contributed by atoms with Gasteiger partial charge in [-0.1, -0.05) is 133 Å². The molecule has 0 fully saturated rings. The zero-order chi connectivity index (χ0) is 42.1. The van der Waals surface area contributed by atoms with Gasteiger partial charge in [0.2, 0.25) is 0 Å². The van der Waals surface area contributed by atoms with Crippen LogP contribution >= 0.6 is 0 Å². The maximum Gasteiger partial charge on any atom is 0.273 e. The van der Waals surface area contributed by atoms with E-state index in [0.717, 1.165) is 67.8 Å². The van der Waals surface area contributed by atoms with Crippen LogP contribution in [0.5, 0.6) is 23.0 Å². The molecule has 0 amide bonds. The summed E-state index contributed by atoms with van der Waals surface area (Å²) in [6.45, 7) is 0. The molecule has 62 heavy (non-hydrogen) atoms. The molecule has 0 saturated carbocycles. The van der Waals surface area contributed by atoms with E-state index in [2.05, 4.69) is 20.2 Å². The van der Waals surface area contributed by atoms with Crippen molar-refractivity contribution in [1.29, 1.82) is 0 Å². The van der Waals surface area contributed by atoms with Crippen molar-refractivity contribution in [2.75, 3.05) is 0 Å². The van der Waals surface area contributed by atoms with Gasteiger partial charge < -0.3 is 9.47 Å². The first-order valence-electron chi connectivity index (χ1n) is 19.9. The number of aromatic amines is 2. The lowest BCUT2D eigenvalue weighted by atomic mass is 10.0. The van der Waals surface area contributed by atoms with E-state index in [1.807, 2.05) is 182 Å². The molecule has 4 aromatic heterocycles. The largest absolute Gasteiger partial charge is 0.457 e. The Morgan fingerprint density at radius 3 is 1.11 bits per heavy atom. The molecule has 0 aliphatic rings. The van der Waals surface area contributed by atoms with E-state index in [1.165, 1.54) is 9.36 Å². The van der Waals surface area contributed by atoms with Gasteiger partial charge in [-0.2, -0.15) is 0 Å². The third kappa shape index (κ3) is 8.80. The molecule has 0 radical (unpaired) electrons. The summed E-state index contributed by atoms with van der Waals surface area (Å²) in [6.07, 6.45) is 3.32. The summed E-state index contributed by atoms with van der Waals surface area (Å²) in [5.74, 6) is 4.28. The number of H-pyrrole nitrogens is 2. The van der Waals surface area contributed by atoms with Gasteiger partial charge in [0.05, 0.1) is 11.4 Å². The molecule has 0 aliphatic heterocycles. The van der Waals surface area contributed by atoms with Crippen LogP contribution in [0, 0.1) is 0 Å². The van der Waals surface area contributed by atoms with Crippen LogP contribution in [0.1, 0.15) is 0 Å². The number of nitrogens with one attached hydrogen (secondary N) is 2. The summed E-state index contributed by atoms with van der Waals surface area (Å²) in [7, 11) is 0. The average molecular weight is 811 g/mol. The van der Waals surface area contributed by atoms with E-state index >= 15 is 0 Å². The van der Waals surface area contributed by atoms with Crippen molar-refractivity contribution in [3.63, 3.8) is 0 Å². The van der Waals surface area contributed by atoms with E-state index in [0.29, 0.717) is 11.6 Å². The van der Waals surface area contributed by atoms with Gasteiger partial charge in [0, 0.05) is 35.7 Å². The third-order valence-corrected chi connectivity index (χ3v) is 9.93. The fraction of sp³-hybridized carbons (Fsp3) is 0. The number of benzene rings is 6. The highest BCUT2D eigenvalue weighted by Crippen LogP contribution is 2.35. The standard InChI is InChI=1S/2C26H19N3O2/c2*30-26-18-23(28-29(26)25-12-6-7-17-27-25)20-15-13-19(14-16-20)22-10-4-5-11-24(22)31-21-8-2-1-3-9-21/h2*1-18,28H. The van der Waals surface area contributed by atoms with E-state index in [-0.39, 0.29) is 11.1 Å². The topological polar surface area (TPSA) is 120 Å². The minimum atomic E-state index is -0.153. The molecule has 0 spiro atoms. The number of hydrogen-bond donors (Lipinski definition) is 2. The van der Waals surface area contributed by atoms with Crippen molar-refractivity contribution >= 4 is 0 Å². The Morgan fingerprint density at radius 1 is 0.371 bits per heavy atom. The molecule has 300 valence electrons. The first-order chi connectivity index (χ1) is 30.6. The summed E-state index contributed by atoms with van der Waals surface area (Å²) < 4.78 is 15.1. The highest BCUT2D eigenvalue weighted by Gasteiger charge is 2.13. The van der Waals surface area contributed by atoms with Gasteiger partial charge in [-0.15, -0.1) is 0 Å². The Labute approximate surface area is 356 Å². The van der Waals surface area contributed by atoms with E-state index in [4.69, 9.17) is 9.47 Å². The van der Waals surface area contributed by atoms with Gasteiger partial charge >= 0.3 is 0 Å². The first-order valence-corrected chi connectivity index (χ1v) is 19.9. The van der Waals surface area contributed by atoms with Crippen LogP contribution in [0.25, 0.3) is 56.4 Å². The van der Waals surface area contributed by atoms with Gasteiger partial charge in [0.25, 0.3) is 11.1 Å². The smallest absolute Gasteiger partial charge is 0.273 e. The predicted octanol–water partition coefficient (Wildman–Crippen LogP) is 11.4. The molecule has 0 bridgehead atoms. The molecular formula is C52H38N6O4. The number of hydrogen-bond acceptors (Lipinski definition) is 6. The lowest BCUT2D eigenvalue weighted by molar-refractivity contribution is 0.484. The van der Waals surface area contributed by atoms with Gasteiger partial charge in [-0.25, -0.2) is 19.3 Å². The summed E-state index contributed by atoms with van der Waals surface area (Å²) in [5, 5.41) is 6.27. The van der Waals surface area contributed by atoms with E-state index < -0.39 is 0 Å². The number of pyridine rings is 2. The number of aromatic nitrogens is 6. The SMILES string of the molecule is O=c1cc(-c2ccc(-c3ccccc3Oc3ccccc3)cc2)[nH]n1-c1ccccn1.O=c1cc(-c2ccc(-c3ccccc3Oc3ccccc3)cc2)[nH]n1-c1ccccn1. The summed E-state index contributed by atoms with van der Waals surface area (Å²) in [5.41, 5.74) is 7.04. The van der Waals surface area contributed by atoms with Crippen molar-refractivity contribution in [2.24, 2.45) is 0 Å². The van der Waals surface area contributed by atoms with Crippen molar-refractivity contribution in [3.8, 4) is 79.4 Å². The summed E-state index contributed by atoms with van der Waals surface area (Å²) >= 11 is 0. The molecular weight excluding hydrogens is 773 g/mol. The van der Waals surface area contributed by atoms with Crippen LogP contribution in [-0.4, -0.2) is 29.5 Å². The second-order valence-electron chi connectivity index (χ2n) is 14.0. The summed E-state index contributed by atoms with van der Waals surface area (Å²) in [6, 6.07) is 65.5. The zero-order valence-corrected chi connectivity index (χ0v) is 33.2. The Hall–Kier alpha value is -8.76. The maximum atomic E-state index is 12.4. The number of para-hydroxylation sites is 4. The molecule has 2 N–H and O–H groups in total. The number of nitrogens with zero attached hydrogens (tertiary/aromatic N) is 4. The van der Waals surface area contributed by atoms with Gasteiger partial charge in [-0.3, -0.25) is 19.8 Å². The Kier molecular flexibility index (Phi) is 11.3. The van der Waals surface area contributed by atoms with Crippen LogP contribution < -0.4 is 20.6 Å². The van der Waals surface area contributed by atoms with Gasteiger partial charge in [-0.05, 0) is 82.9 Å². The molecule has 0 atom stereocenters. The van der Waals surface area contributed by atoms with Crippen molar-refractivity contribution in [1.82, 2.24) is 29.5 Å². The highest BCUT2D eigenvalue weighted by molar-refractivity contribution is 5.75. The van der Waals surface area contributed by atoms with Crippen LogP contribution in [0.3, 0.4) is 0 Å². The van der Waals surface area contributed by atoms with Crippen molar-refractivity contribution in [2.45, 2.75) is 0 Å². The van der Waals surface area contributed by atoms with Crippen LogP contribution in [0.15, 0.2) is 228 Å². The lowest BCUT2D eigenvalue weighted by Crippen LogP contribution is -2.14. The molecule has 6 aromatic carbocycles. The first kappa shape index (κ1) is 38.7. The fourth-order valence-corrected chi connectivity index (χ4v) is 6.88. The minimum Gasteiger partial charge on any atom is -0.457 e. The minimum absolute atomic E-state index is 0.153. The van der Waals surface area contributed by atoms with E-state index in [9.17, 15) is 9.59 Å². The highest BCUT2D eigenvalue weighted by atomic mass is 16.5. The Morgan fingerprint density at radius 2 is 0.726 bits per heavy atom. The number of ether oxygens (including phenoxy) is 2. The van der Waals surface area contributed by atoms with Crippen LogP contribution in [0.2, 0.25) is 0 Å². The van der Waals surface area contributed by atoms with Gasteiger partial charge in [0.1, 0.15) is 23.0 Å². The van der Waals surface area contributed by atoms with Crippen LogP contribution in [-0.2, 0) is 0 Å². The third-order valence-electron chi connectivity index (χ3n) is 9.93. The van der Waals surface area contributed by atoms with Crippen LogP contribution in [0.4, 0.5) is 0 Å². The Balaban J connectivity index is 0.000000158. The normalized spacial score (nSPS) is 10.7. The molecule has 10 heteroatoms. The second-order valence-corrected chi connectivity index (χ2v) is 14.0. The van der Waals surface area contributed by atoms with Gasteiger partial charge in [0.15, 0.2) is 11.6 Å². The number of rotatable bonds is 10. The van der Waals surface area contributed by atoms with E-state index in [1.54, 1.807) is 36.7 Å². The average Bonchev–Trinajstić information content (AvgIpc) is 3.93. The van der Waals surface area contributed by atoms with Crippen molar-refractivity contribution < 1.29 is 9.47 Å². The predicted molar refractivity (Wildman–Crippen MR) is 243 cm³/mol. The monoisotopic (exact) mass is 810 g/mol.